The predicted molar refractivity (Wildman–Crippen MR) is 53.6 cm³/mol. The number of fused-ring (bicyclic) bond motifs is 1. The first-order valence-electron chi connectivity index (χ1n) is 4.36. The minimum absolute atomic E-state index is 0.606. The third-order valence-electron chi connectivity index (χ3n) is 2.41. The number of benzene rings is 1. The quantitative estimate of drug-likeness (QED) is 0.521. The Bertz CT molecular complexity index is 380. The predicted octanol–water partition coefficient (Wildman–Crippen LogP) is 2.04. The van der Waals surface area contributed by atoms with Crippen LogP contribution in [-0.4, -0.2) is 6.29 Å². The highest BCUT2D eigenvalue weighted by atomic mass is 16.1. The molecule has 0 saturated carbocycles. The zero-order valence-electron chi connectivity index (χ0n) is 7.29. The average molecular weight is 173 g/mol. The summed E-state index contributed by atoms with van der Waals surface area (Å²) in [6, 6.07) is 3.72. The number of nitrogens with two attached hydrogens (primary N) is 1. The van der Waals surface area contributed by atoms with Gasteiger partial charge >= 0.3 is 0 Å². The van der Waals surface area contributed by atoms with Gasteiger partial charge in [-0.2, -0.15) is 0 Å². The van der Waals surface area contributed by atoms with Crippen molar-refractivity contribution in [3.05, 3.63) is 34.9 Å². The molecule has 1 aliphatic rings. The summed E-state index contributed by atoms with van der Waals surface area (Å²) in [4.78, 5) is 10.6. The molecule has 0 spiro atoms. The molecular formula is C11H11NO. The number of aldehydes is 1. The molecule has 0 saturated heterocycles. The smallest absolute Gasteiger partial charge is 0.152 e. The monoisotopic (exact) mass is 173 g/mol. The summed E-state index contributed by atoms with van der Waals surface area (Å²) in [5.74, 6) is 0. The molecule has 0 fully saturated rings. The lowest BCUT2D eigenvalue weighted by Crippen LogP contribution is -2.03. The summed E-state index contributed by atoms with van der Waals surface area (Å²) in [6.07, 6.45) is 6.96. The van der Waals surface area contributed by atoms with E-state index in [0.29, 0.717) is 11.3 Å². The molecule has 2 heteroatoms. The van der Waals surface area contributed by atoms with Gasteiger partial charge in [0, 0.05) is 11.3 Å². The van der Waals surface area contributed by atoms with Gasteiger partial charge < -0.3 is 5.73 Å². The number of carbonyl (C=O) groups excluding carboxylic acids is 1. The third kappa shape index (κ3) is 1.24. The van der Waals surface area contributed by atoms with E-state index in [4.69, 9.17) is 5.73 Å². The largest absolute Gasteiger partial charge is 0.398 e. The molecule has 2 nitrogen and oxygen atoms in total. The molecule has 1 aliphatic carbocycles. The minimum Gasteiger partial charge on any atom is -0.398 e. The van der Waals surface area contributed by atoms with E-state index >= 15 is 0 Å². The maximum Gasteiger partial charge on any atom is 0.152 e. The van der Waals surface area contributed by atoms with Crippen LogP contribution in [0.2, 0.25) is 0 Å². The van der Waals surface area contributed by atoms with Gasteiger partial charge in [0.15, 0.2) is 6.29 Å². The van der Waals surface area contributed by atoms with Gasteiger partial charge in [-0.3, -0.25) is 4.79 Å². The molecule has 2 rings (SSSR count). The highest BCUT2D eigenvalue weighted by Gasteiger charge is 2.10. The first kappa shape index (κ1) is 8.05. The number of rotatable bonds is 1. The summed E-state index contributed by atoms with van der Waals surface area (Å²) < 4.78 is 0. The molecule has 0 atom stereocenters. The van der Waals surface area contributed by atoms with Crippen LogP contribution < -0.4 is 5.73 Å². The maximum absolute atomic E-state index is 10.6. The Balaban J connectivity index is 2.62. The van der Waals surface area contributed by atoms with Crippen LogP contribution in [0, 0.1) is 0 Å². The Morgan fingerprint density at radius 1 is 1.38 bits per heavy atom. The average Bonchev–Trinajstić information content (AvgIpc) is 2.19. The summed E-state index contributed by atoms with van der Waals surface area (Å²) in [6.45, 7) is 0. The van der Waals surface area contributed by atoms with E-state index in [-0.39, 0.29) is 0 Å². The van der Waals surface area contributed by atoms with Crippen molar-refractivity contribution in [2.24, 2.45) is 0 Å². The second-order valence-corrected chi connectivity index (χ2v) is 3.20. The number of hydrogen-bond donors (Lipinski definition) is 1. The lowest BCUT2D eigenvalue weighted by Gasteiger charge is -2.13. The Kier molecular flexibility index (Phi) is 1.89. The van der Waals surface area contributed by atoms with Crippen molar-refractivity contribution in [3.63, 3.8) is 0 Å². The van der Waals surface area contributed by atoms with Crippen molar-refractivity contribution in [1.29, 1.82) is 0 Å². The van der Waals surface area contributed by atoms with Crippen molar-refractivity contribution in [2.45, 2.75) is 12.8 Å². The fourth-order valence-corrected chi connectivity index (χ4v) is 1.68. The van der Waals surface area contributed by atoms with Gasteiger partial charge in [-0.05, 0) is 30.0 Å². The van der Waals surface area contributed by atoms with E-state index in [1.54, 1.807) is 6.07 Å². The van der Waals surface area contributed by atoms with Crippen molar-refractivity contribution in [3.8, 4) is 0 Å². The van der Waals surface area contributed by atoms with E-state index in [1.807, 2.05) is 6.07 Å². The molecule has 0 heterocycles. The highest BCUT2D eigenvalue weighted by molar-refractivity contribution is 5.86. The topological polar surface area (TPSA) is 43.1 Å². The van der Waals surface area contributed by atoms with Gasteiger partial charge in [0.1, 0.15) is 0 Å². The SMILES string of the molecule is Nc1c(C=O)ccc2c1CCC=C2. The fraction of sp³-hybridized carbons (Fsp3) is 0.182. The van der Waals surface area contributed by atoms with Crippen LogP contribution in [0.25, 0.3) is 6.08 Å². The molecule has 1 aromatic carbocycles. The zero-order valence-corrected chi connectivity index (χ0v) is 7.29. The van der Waals surface area contributed by atoms with Crippen LogP contribution in [0.5, 0.6) is 0 Å². The summed E-state index contributed by atoms with van der Waals surface area (Å²) >= 11 is 0. The third-order valence-corrected chi connectivity index (χ3v) is 2.41. The Morgan fingerprint density at radius 2 is 2.23 bits per heavy atom. The normalized spacial score (nSPS) is 13.8. The van der Waals surface area contributed by atoms with Gasteiger partial charge in [-0.15, -0.1) is 0 Å². The molecule has 0 unspecified atom stereocenters. The standard InChI is InChI=1S/C11H11NO/c12-11-9(7-13)6-5-8-3-1-2-4-10(8)11/h1,3,5-7H,2,4,12H2. The maximum atomic E-state index is 10.6. The minimum atomic E-state index is 0.606. The molecule has 13 heavy (non-hydrogen) atoms. The van der Waals surface area contributed by atoms with Gasteiger partial charge in [-0.1, -0.05) is 18.2 Å². The first-order valence-corrected chi connectivity index (χ1v) is 4.36. The van der Waals surface area contributed by atoms with Gasteiger partial charge in [0.2, 0.25) is 0 Å². The molecule has 0 aromatic heterocycles. The summed E-state index contributed by atoms with van der Waals surface area (Å²) in [5.41, 5.74) is 9.37. The van der Waals surface area contributed by atoms with Crippen LogP contribution in [0.1, 0.15) is 27.9 Å². The molecule has 0 amide bonds. The van der Waals surface area contributed by atoms with Crippen molar-refractivity contribution >= 4 is 18.0 Å². The molecule has 1 aromatic rings. The number of hydrogen-bond acceptors (Lipinski definition) is 2. The van der Waals surface area contributed by atoms with Gasteiger partial charge in [-0.25, -0.2) is 0 Å². The van der Waals surface area contributed by atoms with Gasteiger partial charge in [0.05, 0.1) is 0 Å². The van der Waals surface area contributed by atoms with Gasteiger partial charge in [0.25, 0.3) is 0 Å². The number of nitrogen functional groups attached to an aromatic ring is 1. The van der Waals surface area contributed by atoms with Crippen LogP contribution >= 0.6 is 0 Å². The molecule has 0 aliphatic heterocycles. The number of carbonyl (C=O) groups is 1. The molecule has 0 bridgehead atoms. The van der Waals surface area contributed by atoms with Crippen molar-refractivity contribution in [2.75, 3.05) is 5.73 Å². The van der Waals surface area contributed by atoms with Crippen LogP contribution in [0.4, 0.5) is 5.69 Å². The number of allylic oxidation sites excluding steroid dienone is 1. The fourth-order valence-electron chi connectivity index (χ4n) is 1.68. The second kappa shape index (κ2) is 3.05. The van der Waals surface area contributed by atoms with E-state index < -0.39 is 0 Å². The van der Waals surface area contributed by atoms with E-state index in [9.17, 15) is 4.79 Å². The lowest BCUT2D eigenvalue weighted by molar-refractivity contribution is 0.112. The zero-order chi connectivity index (χ0) is 9.26. The van der Waals surface area contributed by atoms with Crippen molar-refractivity contribution in [1.82, 2.24) is 0 Å². The molecular weight excluding hydrogens is 162 g/mol. The molecule has 66 valence electrons. The Hall–Kier alpha value is -1.57. The summed E-state index contributed by atoms with van der Waals surface area (Å²) in [5, 5.41) is 0. The number of anilines is 1. The Morgan fingerprint density at radius 3 is 3.00 bits per heavy atom. The second-order valence-electron chi connectivity index (χ2n) is 3.20. The molecule has 0 radical (unpaired) electrons. The van der Waals surface area contributed by atoms with Crippen LogP contribution in [0.3, 0.4) is 0 Å². The lowest BCUT2D eigenvalue weighted by atomic mass is 9.93. The highest BCUT2D eigenvalue weighted by Crippen LogP contribution is 2.26. The molecule has 2 N–H and O–H groups in total. The van der Waals surface area contributed by atoms with Crippen molar-refractivity contribution < 1.29 is 4.79 Å². The summed E-state index contributed by atoms with van der Waals surface area (Å²) in [7, 11) is 0. The van der Waals surface area contributed by atoms with E-state index in [0.717, 1.165) is 30.3 Å². The Labute approximate surface area is 77.1 Å². The van der Waals surface area contributed by atoms with E-state index in [2.05, 4.69) is 12.2 Å². The first-order chi connectivity index (χ1) is 6.33. The van der Waals surface area contributed by atoms with E-state index in [1.165, 1.54) is 0 Å². The van der Waals surface area contributed by atoms with Crippen LogP contribution in [-0.2, 0) is 6.42 Å². The van der Waals surface area contributed by atoms with Crippen LogP contribution in [0.15, 0.2) is 18.2 Å².